The molecule has 2 rings (SSSR count). The molecule has 0 saturated carbocycles. The van der Waals surface area contributed by atoms with Gasteiger partial charge in [-0.1, -0.05) is 0 Å². The molecule has 1 aromatic carbocycles. The van der Waals surface area contributed by atoms with Crippen molar-refractivity contribution in [1.82, 2.24) is 5.32 Å². The molecule has 0 aromatic heterocycles. The first-order chi connectivity index (χ1) is 8.99. The van der Waals surface area contributed by atoms with E-state index in [-0.39, 0.29) is 30.2 Å². The van der Waals surface area contributed by atoms with Gasteiger partial charge in [0, 0.05) is 17.4 Å². The number of alkyl halides is 3. The van der Waals surface area contributed by atoms with Crippen LogP contribution in [0.1, 0.15) is 11.6 Å². The summed E-state index contributed by atoms with van der Waals surface area (Å²) in [4.78, 5) is 0. The molecular weight excluding hydrogens is 279 g/mol. The largest absolute Gasteiger partial charge is 0.493 e. The summed E-state index contributed by atoms with van der Waals surface area (Å²) < 4.78 is 46.5. The number of hydrogen-bond acceptors (Lipinski definition) is 4. The molecule has 19 heavy (non-hydrogen) atoms. The van der Waals surface area contributed by atoms with Crippen LogP contribution in [0, 0.1) is 0 Å². The number of thioether (sulfide) groups is 1. The van der Waals surface area contributed by atoms with E-state index in [1.165, 1.54) is 0 Å². The average molecular weight is 293 g/mol. The van der Waals surface area contributed by atoms with Crippen molar-refractivity contribution in [1.29, 1.82) is 0 Å². The summed E-state index contributed by atoms with van der Waals surface area (Å²) >= 11 is -0.0840. The molecule has 1 aliphatic heterocycles. The predicted molar refractivity (Wildman–Crippen MR) is 67.7 cm³/mol. The van der Waals surface area contributed by atoms with Crippen LogP contribution >= 0.6 is 11.8 Å². The maximum atomic E-state index is 11.9. The molecule has 1 unspecified atom stereocenters. The Morgan fingerprint density at radius 3 is 2.95 bits per heavy atom. The number of rotatable bonds is 5. The molecule has 0 aliphatic carbocycles. The van der Waals surface area contributed by atoms with Crippen molar-refractivity contribution in [3.05, 3.63) is 23.8 Å². The minimum absolute atomic E-state index is 0.0123. The zero-order chi connectivity index (χ0) is 13.9. The first-order valence-electron chi connectivity index (χ1n) is 5.77. The fraction of sp³-hybridized carbons (Fsp3) is 0.500. The van der Waals surface area contributed by atoms with Crippen LogP contribution < -0.4 is 14.8 Å². The number of halogens is 3. The highest BCUT2D eigenvalue weighted by Gasteiger charge is 2.27. The van der Waals surface area contributed by atoms with Crippen LogP contribution in [-0.4, -0.2) is 31.5 Å². The smallest absolute Gasteiger partial charge is 0.441 e. The highest BCUT2D eigenvalue weighted by molar-refractivity contribution is 8.00. The number of hydrogen-bond donors (Lipinski definition) is 1. The molecule has 0 radical (unpaired) electrons. The van der Waals surface area contributed by atoms with Crippen LogP contribution in [-0.2, 0) is 0 Å². The van der Waals surface area contributed by atoms with Gasteiger partial charge in [0.05, 0.1) is 12.6 Å². The Kier molecular flexibility index (Phi) is 4.46. The van der Waals surface area contributed by atoms with E-state index in [9.17, 15) is 13.2 Å². The lowest BCUT2D eigenvalue weighted by Crippen LogP contribution is -2.17. The zero-order valence-electron chi connectivity index (χ0n) is 10.3. The molecule has 1 atom stereocenters. The zero-order valence-corrected chi connectivity index (χ0v) is 11.1. The van der Waals surface area contributed by atoms with Crippen molar-refractivity contribution in [3.63, 3.8) is 0 Å². The van der Waals surface area contributed by atoms with Gasteiger partial charge in [0.2, 0.25) is 0 Å². The first-order valence-corrected chi connectivity index (χ1v) is 6.75. The number of fused-ring (bicyclic) bond motifs is 1. The Morgan fingerprint density at radius 1 is 1.47 bits per heavy atom. The summed E-state index contributed by atoms with van der Waals surface area (Å²) in [5.41, 5.74) is -3.16. The molecule has 1 aliphatic rings. The van der Waals surface area contributed by atoms with Crippen LogP contribution in [0.4, 0.5) is 13.2 Å². The standard InChI is InChI=1S/C12H14F3NO2S/c1-16-10-7-18-11-6-8(2-3-9(10)11)17-4-5-19-12(13,14)15/h2-3,6,10,16H,4-5,7H2,1H3. The molecule has 0 bridgehead atoms. The quantitative estimate of drug-likeness (QED) is 0.846. The van der Waals surface area contributed by atoms with Crippen molar-refractivity contribution >= 4 is 11.8 Å². The maximum absolute atomic E-state index is 11.9. The highest BCUT2D eigenvalue weighted by Crippen LogP contribution is 2.35. The fourth-order valence-corrected chi connectivity index (χ4v) is 2.23. The Hall–Kier alpha value is -1.08. The second-order valence-corrected chi connectivity index (χ2v) is 5.15. The van der Waals surface area contributed by atoms with Gasteiger partial charge in [-0.05, 0) is 30.9 Å². The van der Waals surface area contributed by atoms with Gasteiger partial charge < -0.3 is 14.8 Å². The van der Waals surface area contributed by atoms with Crippen molar-refractivity contribution in [3.8, 4) is 11.5 Å². The van der Waals surface area contributed by atoms with Gasteiger partial charge in [-0.15, -0.1) is 0 Å². The summed E-state index contributed by atoms with van der Waals surface area (Å²) in [5, 5.41) is 3.11. The second-order valence-electron chi connectivity index (χ2n) is 3.99. The molecule has 0 amide bonds. The molecule has 106 valence electrons. The lowest BCUT2D eigenvalue weighted by Gasteiger charge is -2.09. The van der Waals surface area contributed by atoms with Gasteiger partial charge in [0.25, 0.3) is 0 Å². The number of ether oxygens (including phenoxy) is 2. The van der Waals surface area contributed by atoms with E-state index in [4.69, 9.17) is 9.47 Å². The van der Waals surface area contributed by atoms with E-state index in [1.54, 1.807) is 12.1 Å². The molecule has 1 N–H and O–H groups in total. The normalized spacial score (nSPS) is 18.0. The van der Waals surface area contributed by atoms with Crippen LogP contribution in [0.15, 0.2) is 18.2 Å². The van der Waals surface area contributed by atoms with Crippen LogP contribution in [0.25, 0.3) is 0 Å². The maximum Gasteiger partial charge on any atom is 0.441 e. The number of nitrogens with one attached hydrogen (secondary N) is 1. The summed E-state index contributed by atoms with van der Waals surface area (Å²) in [7, 11) is 1.85. The monoisotopic (exact) mass is 293 g/mol. The SMILES string of the molecule is CNC1COc2cc(OCCSC(F)(F)F)ccc21. The van der Waals surface area contributed by atoms with E-state index in [0.717, 1.165) is 11.3 Å². The topological polar surface area (TPSA) is 30.5 Å². The lowest BCUT2D eigenvalue weighted by atomic mass is 10.1. The molecule has 1 aromatic rings. The molecule has 0 spiro atoms. The summed E-state index contributed by atoms with van der Waals surface area (Å²) in [6.07, 6.45) is 0. The third-order valence-corrected chi connectivity index (χ3v) is 3.43. The van der Waals surface area contributed by atoms with Crippen molar-refractivity contribution in [2.45, 2.75) is 11.6 Å². The van der Waals surface area contributed by atoms with Gasteiger partial charge in [0.15, 0.2) is 0 Å². The molecule has 0 saturated heterocycles. The lowest BCUT2D eigenvalue weighted by molar-refractivity contribution is -0.0329. The molecule has 3 nitrogen and oxygen atoms in total. The molecular formula is C12H14F3NO2S. The van der Waals surface area contributed by atoms with E-state index < -0.39 is 5.51 Å². The minimum atomic E-state index is -4.20. The van der Waals surface area contributed by atoms with Gasteiger partial charge >= 0.3 is 5.51 Å². The Bertz CT molecular complexity index is 439. The van der Waals surface area contributed by atoms with E-state index in [2.05, 4.69) is 5.32 Å². The average Bonchev–Trinajstić information content (AvgIpc) is 2.75. The minimum Gasteiger partial charge on any atom is -0.493 e. The van der Waals surface area contributed by atoms with Gasteiger partial charge in [-0.2, -0.15) is 13.2 Å². The van der Waals surface area contributed by atoms with Crippen LogP contribution in [0.5, 0.6) is 11.5 Å². The number of benzene rings is 1. The molecule has 7 heteroatoms. The van der Waals surface area contributed by atoms with E-state index >= 15 is 0 Å². The fourth-order valence-electron chi connectivity index (χ4n) is 1.84. The molecule has 1 heterocycles. The number of likely N-dealkylation sites (N-methyl/N-ethyl adjacent to an activating group) is 1. The Labute approximate surface area is 113 Å². The second kappa shape index (κ2) is 5.92. The van der Waals surface area contributed by atoms with Crippen molar-refractivity contribution < 1.29 is 22.6 Å². The van der Waals surface area contributed by atoms with Crippen LogP contribution in [0.3, 0.4) is 0 Å². The predicted octanol–water partition coefficient (Wildman–Crippen LogP) is 2.97. The van der Waals surface area contributed by atoms with Gasteiger partial charge in [0.1, 0.15) is 18.1 Å². The third kappa shape index (κ3) is 3.94. The molecule has 0 fully saturated rings. The Balaban J connectivity index is 1.86. The first kappa shape index (κ1) is 14.3. The Morgan fingerprint density at radius 2 is 2.26 bits per heavy atom. The van der Waals surface area contributed by atoms with E-state index in [0.29, 0.717) is 12.4 Å². The summed E-state index contributed by atoms with van der Waals surface area (Å²) in [6.45, 7) is 0.567. The highest BCUT2D eigenvalue weighted by atomic mass is 32.2. The third-order valence-electron chi connectivity index (χ3n) is 2.73. The van der Waals surface area contributed by atoms with E-state index in [1.807, 2.05) is 13.1 Å². The van der Waals surface area contributed by atoms with Crippen molar-refractivity contribution in [2.24, 2.45) is 0 Å². The summed E-state index contributed by atoms with van der Waals surface area (Å²) in [5.74, 6) is 1.12. The van der Waals surface area contributed by atoms with Gasteiger partial charge in [-0.25, -0.2) is 0 Å². The van der Waals surface area contributed by atoms with Gasteiger partial charge in [-0.3, -0.25) is 0 Å². The van der Waals surface area contributed by atoms with Crippen molar-refractivity contribution in [2.75, 3.05) is 26.0 Å². The van der Waals surface area contributed by atoms with Crippen LogP contribution in [0.2, 0.25) is 0 Å². The summed E-state index contributed by atoms with van der Waals surface area (Å²) in [6, 6.07) is 5.49.